The van der Waals surface area contributed by atoms with Crippen LogP contribution < -0.4 is 0 Å². The monoisotopic (exact) mass is 478 g/mol. The molecule has 8 nitrogen and oxygen atoms in total. The molecule has 0 saturated carbocycles. The Balaban J connectivity index is 1.64. The SMILES string of the molecule is O=C(c1nn([C@@H]2CCCN(CCCl)C2)c2c1CS(=O)(=O)c1ccccc1-2)N1CCOCC1. The predicted octanol–water partition coefficient (Wildman–Crippen LogP) is 2.19. The van der Waals surface area contributed by atoms with E-state index in [1.165, 1.54) is 0 Å². The number of carbonyl (C=O) groups is 1. The van der Waals surface area contributed by atoms with E-state index >= 15 is 0 Å². The van der Waals surface area contributed by atoms with Crippen molar-refractivity contribution in [2.24, 2.45) is 0 Å². The normalized spacial score (nSPS) is 22.9. The molecule has 0 N–H and O–H groups in total. The number of rotatable bonds is 4. The fraction of sp³-hybridized carbons (Fsp3) is 0.545. The zero-order chi connectivity index (χ0) is 22.3. The molecule has 2 fully saturated rings. The minimum atomic E-state index is -3.56. The number of morpholine rings is 1. The first-order chi connectivity index (χ1) is 15.5. The maximum absolute atomic E-state index is 13.4. The van der Waals surface area contributed by atoms with Crippen molar-refractivity contribution in [3.63, 3.8) is 0 Å². The van der Waals surface area contributed by atoms with Crippen LogP contribution in [0.25, 0.3) is 11.3 Å². The van der Waals surface area contributed by atoms with E-state index in [9.17, 15) is 13.2 Å². The van der Waals surface area contributed by atoms with Crippen LogP contribution in [-0.2, 0) is 20.3 Å². The number of aromatic nitrogens is 2. The van der Waals surface area contributed by atoms with Crippen molar-refractivity contribution in [2.45, 2.75) is 29.5 Å². The highest BCUT2D eigenvalue weighted by atomic mass is 35.5. The van der Waals surface area contributed by atoms with Gasteiger partial charge in [-0.05, 0) is 25.5 Å². The quantitative estimate of drug-likeness (QED) is 0.626. The molecule has 2 saturated heterocycles. The van der Waals surface area contributed by atoms with E-state index in [1.807, 2.05) is 16.8 Å². The van der Waals surface area contributed by atoms with E-state index < -0.39 is 9.84 Å². The second kappa shape index (κ2) is 8.78. The molecular formula is C22H27ClN4O4S. The minimum Gasteiger partial charge on any atom is -0.378 e. The maximum Gasteiger partial charge on any atom is 0.274 e. The first-order valence-corrected chi connectivity index (χ1v) is 13.3. The third-order valence-electron chi connectivity index (χ3n) is 6.55. The summed E-state index contributed by atoms with van der Waals surface area (Å²) in [5.74, 6) is 0.139. The van der Waals surface area contributed by atoms with Crippen molar-refractivity contribution < 1.29 is 17.9 Å². The van der Waals surface area contributed by atoms with Gasteiger partial charge in [-0.1, -0.05) is 18.2 Å². The molecule has 3 aliphatic heterocycles. The topological polar surface area (TPSA) is 84.7 Å². The van der Waals surface area contributed by atoms with Crippen molar-refractivity contribution in [1.82, 2.24) is 19.6 Å². The van der Waals surface area contributed by atoms with Crippen LogP contribution in [-0.4, -0.2) is 85.7 Å². The van der Waals surface area contributed by atoms with E-state index in [4.69, 9.17) is 21.4 Å². The number of halogens is 1. The molecule has 32 heavy (non-hydrogen) atoms. The molecule has 172 valence electrons. The number of hydrogen-bond acceptors (Lipinski definition) is 6. The number of benzene rings is 1. The summed E-state index contributed by atoms with van der Waals surface area (Å²) >= 11 is 5.98. The van der Waals surface area contributed by atoms with Crippen LogP contribution in [0.15, 0.2) is 29.2 Å². The number of likely N-dealkylation sites (tertiary alicyclic amines) is 1. The summed E-state index contributed by atoms with van der Waals surface area (Å²) in [5.41, 5.74) is 2.19. The molecule has 5 rings (SSSR count). The molecule has 0 spiro atoms. The van der Waals surface area contributed by atoms with Crippen molar-refractivity contribution >= 4 is 27.3 Å². The molecule has 4 heterocycles. The highest BCUT2D eigenvalue weighted by molar-refractivity contribution is 7.90. The Morgan fingerprint density at radius 1 is 1.19 bits per heavy atom. The van der Waals surface area contributed by atoms with E-state index in [2.05, 4.69) is 4.90 Å². The number of piperidine rings is 1. The lowest BCUT2D eigenvalue weighted by Gasteiger charge is -2.33. The minimum absolute atomic E-state index is 0.0563. The fourth-order valence-electron chi connectivity index (χ4n) is 5.00. The average Bonchev–Trinajstić information content (AvgIpc) is 3.18. The van der Waals surface area contributed by atoms with Gasteiger partial charge < -0.3 is 14.5 Å². The highest BCUT2D eigenvalue weighted by Gasteiger charge is 2.38. The standard InChI is InChI=1S/C22H27ClN4O4S/c23-7-9-25-8-3-4-16(14-25)27-21-17-5-1-2-6-19(17)32(29,30)15-18(21)20(24-27)22(28)26-10-12-31-13-11-26/h1-2,5-6,16H,3-4,7-15H2/t16-/m1/s1. The molecule has 0 aliphatic carbocycles. The van der Waals surface area contributed by atoms with E-state index in [-0.39, 0.29) is 23.4 Å². The third-order valence-corrected chi connectivity index (χ3v) is 8.41. The van der Waals surface area contributed by atoms with Gasteiger partial charge in [0.15, 0.2) is 15.5 Å². The van der Waals surface area contributed by atoms with Crippen molar-refractivity contribution in [1.29, 1.82) is 0 Å². The Labute approximate surface area is 193 Å². The van der Waals surface area contributed by atoms with Crippen LogP contribution in [0.2, 0.25) is 0 Å². The van der Waals surface area contributed by atoms with Gasteiger partial charge in [-0.15, -0.1) is 11.6 Å². The van der Waals surface area contributed by atoms with Gasteiger partial charge in [0.1, 0.15) is 0 Å². The van der Waals surface area contributed by atoms with Crippen LogP contribution in [0, 0.1) is 0 Å². The van der Waals surface area contributed by atoms with Gasteiger partial charge in [0.25, 0.3) is 5.91 Å². The molecular weight excluding hydrogens is 452 g/mol. The van der Waals surface area contributed by atoms with Gasteiger partial charge in [0.2, 0.25) is 0 Å². The molecule has 0 radical (unpaired) electrons. The summed E-state index contributed by atoms with van der Waals surface area (Å²) < 4.78 is 33.5. The van der Waals surface area contributed by atoms with Gasteiger partial charge in [0.05, 0.1) is 35.6 Å². The Hall–Kier alpha value is -1.94. The van der Waals surface area contributed by atoms with Gasteiger partial charge in [-0.3, -0.25) is 9.48 Å². The molecule has 2 aromatic rings. The van der Waals surface area contributed by atoms with Gasteiger partial charge in [-0.25, -0.2) is 8.42 Å². The number of alkyl halides is 1. The van der Waals surface area contributed by atoms with Crippen LogP contribution >= 0.6 is 11.6 Å². The summed E-state index contributed by atoms with van der Waals surface area (Å²) in [7, 11) is -3.56. The Bertz CT molecular complexity index is 1120. The predicted molar refractivity (Wildman–Crippen MR) is 121 cm³/mol. The zero-order valence-electron chi connectivity index (χ0n) is 17.9. The Morgan fingerprint density at radius 2 is 1.97 bits per heavy atom. The van der Waals surface area contributed by atoms with E-state index in [1.54, 1.807) is 17.0 Å². The first-order valence-electron chi connectivity index (χ1n) is 11.1. The first kappa shape index (κ1) is 21.9. The van der Waals surface area contributed by atoms with Gasteiger partial charge in [0, 0.05) is 43.2 Å². The van der Waals surface area contributed by atoms with E-state index in [0.29, 0.717) is 48.2 Å². The maximum atomic E-state index is 13.4. The van der Waals surface area contributed by atoms with E-state index in [0.717, 1.165) is 38.2 Å². The molecule has 3 aliphatic rings. The number of hydrogen-bond donors (Lipinski definition) is 0. The summed E-state index contributed by atoms with van der Waals surface area (Å²) in [6.07, 6.45) is 1.93. The number of sulfone groups is 1. The molecule has 0 unspecified atom stereocenters. The lowest BCUT2D eigenvalue weighted by Crippen LogP contribution is -2.41. The fourth-order valence-corrected chi connectivity index (χ4v) is 6.83. The second-order valence-electron chi connectivity index (χ2n) is 8.57. The smallest absolute Gasteiger partial charge is 0.274 e. The Morgan fingerprint density at radius 3 is 2.75 bits per heavy atom. The largest absolute Gasteiger partial charge is 0.378 e. The van der Waals surface area contributed by atoms with Crippen LogP contribution in [0.3, 0.4) is 0 Å². The lowest BCUT2D eigenvalue weighted by molar-refractivity contribution is 0.0297. The van der Waals surface area contributed by atoms with Crippen LogP contribution in [0.5, 0.6) is 0 Å². The number of carbonyl (C=O) groups excluding carboxylic acids is 1. The molecule has 0 bridgehead atoms. The van der Waals surface area contributed by atoms with Crippen LogP contribution in [0.4, 0.5) is 0 Å². The van der Waals surface area contributed by atoms with Gasteiger partial charge >= 0.3 is 0 Å². The Kier molecular flexibility index (Phi) is 6.00. The van der Waals surface area contributed by atoms with Crippen molar-refractivity contribution in [3.8, 4) is 11.3 Å². The van der Waals surface area contributed by atoms with Crippen molar-refractivity contribution in [3.05, 3.63) is 35.5 Å². The molecule has 1 atom stereocenters. The summed E-state index contributed by atoms with van der Waals surface area (Å²) in [4.78, 5) is 17.8. The summed E-state index contributed by atoms with van der Waals surface area (Å²) in [5, 5.41) is 4.81. The summed E-state index contributed by atoms with van der Waals surface area (Å²) in [6.45, 7) is 4.48. The molecule has 1 amide bonds. The van der Waals surface area contributed by atoms with Gasteiger partial charge in [-0.2, -0.15) is 5.10 Å². The average molecular weight is 479 g/mol. The summed E-state index contributed by atoms with van der Waals surface area (Å²) in [6, 6.07) is 7.11. The third kappa shape index (κ3) is 3.85. The molecule has 1 aromatic heterocycles. The second-order valence-corrected chi connectivity index (χ2v) is 10.9. The van der Waals surface area contributed by atoms with Crippen LogP contribution in [0.1, 0.15) is 34.9 Å². The van der Waals surface area contributed by atoms with Crippen molar-refractivity contribution in [2.75, 3.05) is 51.8 Å². The number of ether oxygens (including phenoxy) is 1. The highest BCUT2D eigenvalue weighted by Crippen LogP contribution is 2.41. The number of fused-ring (bicyclic) bond motifs is 3. The number of amides is 1. The lowest BCUT2D eigenvalue weighted by atomic mass is 10.0. The zero-order valence-corrected chi connectivity index (χ0v) is 19.4. The molecule has 10 heteroatoms. The number of nitrogens with zero attached hydrogens (tertiary/aromatic N) is 4. The molecule has 1 aromatic carbocycles.